The first-order valence-corrected chi connectivity index (χ1v) is 11.4. The molecule has 0 aliphatic heterocycles. The Bertz CT molecular complexity index is 1280. The molecule has 8 nitrogen and oxygen atoms in total. The zero-order chi connectivity index (χ0) is 24.0. The number of hydrogen-bond acceptors (Lipinski definition) is 6. The lowest BCUT2D eigenvalue weighted by atomic mass is 10.2. The van der Waals surface area contributed by atoms with E-state index in [0.717, 1.165) is 4.31 Å². The van der Waals surface area contributed by atoms with Gasteiger partial charge >= 0.3 is 5.97 Å². The maximum Gasteiger partial charge on any atom is 0.338 e. The van der Waals surface area contributed by atoms with E-state index in [0.29, 0.717) is 16.3 Å². The Kier molecular flexibility index (Phi) is 7.47. The molecular weight excluding hydrogens is 468 g/mol. The largest absolute Gasteiger partial charge is 0.457 e. The average molecular weight is 487 g/mol. The third kappa shape index (κ3) is 5.76. The summed E-state index contributed by atoms with van der Waals surface area (Å²) < 4.78 is 33.0. The average Bonchev–Trinajstić information content (AvgIpc) is 2.82. The zero-order valence-electron chi connectivity index (χ0n) is 17.3. The van der Waals surface area contributed by atoms with Crippen molar-refractivity contribution < 1.29 is 22.9 Å². The van der Waals surface area contributed by atoms with E-state index in [4.69, 9.17) is 16.3 Å². The van der Waals surface area contributed by atoms with Crippen molar-refractivity contribution in [3.8, 4) is 0 Å². The Morgan fingerprint density at radius 2 is 1.76 bits per heavy atom. The molecule has 0 saturated carbocycles. The smallest absolute Gasteiger partial charge is 0.338 e. The minimum atomic E-state index is -4.02. The van der Waals surface area contributed by atoms with Gasteiger partial charge in [0.1, 0.15) is 6.61 Å². The van der Waals surface area contributed by atoms with E-state index in [1.165, 1.54) is 54.6 Å². The number of sulfonamides is 1. The number of halogens is 1. The van der Waals surface area contributed by atoms with Crippen molar-refractivity contribution >= 4 is 39.0 Å². The number of rotatable bonds is 9. The molecule has 33 heavy (non-hydrogen) atoms. The standard InChI is InChI=1S/C23H19ClN2O6S/c1-2-14-25(20-12-8-19(24)9-13-20)33(30,31)22-5-3-4-18(15-22)23(27)32-16-17-6-10-21(11-7-17)26(28)29/h2-13,15H,1,14,16H2. The summed E-state index contributed by atoms with van der Waals surface area (Å²) in [5.41, 5.74) is 0.920. The van der Waals surface area contributed by atoms with E-state index in [1.54, 1.807) is 24.3 Å². The van der Waals surface area contributed by atoms with Crippen LogP contribution in [-0.4, -0.2) is 25.9 Å². The highest BCUT2D eigenvalue weighted by Crippen LogP contribution is 2.26. The fourth-order valence-electron chi connectivity index (χ4n) is 2.92. The van der Waals surface area contributed by atoms with Crippen LogP contribution in [0, 0.1) is 10.1 Å². The van der Waals surface area contributed by atoms with Crippen LogP contribution in [0.4, 0.5) is 11.4 Å². The molecule has 0 fully saturated rings. The van der Waals surface area contributed by atoms with E-state index < -0.39 is 20.9 Å². The molecule has 0 bridgehead atoms. The summed E-state index contributed by atoms with van der Waals surface area (Å²) in [5, 5.41) is 11.2. The van der Waals surface area contributed by atoms with Crippen LogP contribution < -0.4 is 4.31 Å². The van der Waals surface area contributed by atoms with Gasteiger partial charge in [-0.25, -0.2) is 13.2 Å². The number of hydrogen-bond donors (Lipinski definition) is 0. The summed E-state index contributed by atoms with van der Waals surface area (Å²) in [5.74, 6) is -0.729. The number of nitro benzene ring substituents is 1. The third-order valence-corrected chi connectivity index (χ3v) is 6.63. The van der Waals surface area contributed by atoms with Crippen LogP contribution in [0.3, 0.4) is 0 Å². The molecule has 10 heteroatoms. The Balaban J connectivity index is 1.80. The van der Waals surface area contributed by atoms with Gasteiger partial charge in [-0.15, -0.1) is 6.58 Å². The Hall–Kier alpha value is -3.69. The van der Waals surface area contributed by atoms with E-state index in [1.807, 2.05) is 0 Å². The summed E-state index contributed by atoms with van der Waals surface area (Å²) in [4.78, 5) is 22.6. The predicted molar refractivity (Wildman–Crippen MR) is 125 cm³/mol. The lowest BCUT2D eigenvalue weighted by Crippen LogP contribution is -2.31. The van der Waals surface area contributed by atoms with Gasteiger partial charge in [0.2, 0.25) is 0 Å². The topological polar surface area (TPSA) is 107 Å². The molecule has 0 radical (unpaired) electrons. The number of carbonyl (C=O) groups excluding carboxylic acids is 1. The van der Waals surface area contributed by atoms with Crippen molar-refractivity contribution in [2.24, 2.45) is 0 Å². The van der Waals surface area contributed by atoms with E-state index in [-0.39, 0.29) is 29.3 Å². The van der Waals surface area contributed by atoms with Gasteiger partial charge in [0, 0.05) is 17.2 Å². The molecule has 0 amide bonds. The number of carbonyl (C=O) groups is 1. The van der Waals surface area contributed by atoms with Gasteiger partial charge in [0.05, 0.1) is 27.6 Å². The number of benzene rings is 3. The maximum atomic E-state index is 13.3. The molecule has 0 aliphatic carbocycles. The van der Waals surface area contributed by atoms with Gasteiger partial charge in [-0.1, -0.05) is 23.7 Å². The molecule has 0 spiro atoms. The van der Waals surface area contributed by atoms with Crippen LogP contribution in [0.15, 0.2) is 90.3 Å². The quantitative estimate of drug-likeness (QED) is 0.182. The van der Waals surface area contributed by atoms with Crippen LogP contribution in [0.5, 0.6) is 0 Å². The van der Waals surface area contributed by atoms with Crippen LogP contribution in [0.25, 0.3) is 0 Å². The molecule has 0 aromatic heterocycles. The van der Waals surface area contributed by atoms with Crippen LogP contribution in [-0.2, 0) is 21.4 Å². The monoisotopic (exact) mass is 486 g/mol. The number of anilines is 1. The maximum absolute atomic E-state index is 13.3. The first-order chi connectivity index (χ1) is 15.7. The van der Waals surface area contributed by atoms with Gasteiger partial charge in [-0.05, 0) is 60.2 Å². The highest BCUT2D eigenvalue weighted by Gasteiger charge is 2.25. The normalized spacial score (nSPS) is 10.9. The predicted octanol–water partition coefficient (Wildman–Crippen LogP) is 4.99. The van der Waals surface area contributed by atoms with Crippen molar-refractivity contribution in [1.29, 1.82) is 0 Å². The molecule has 3 aromatic rings. The van der Waals surface area contributed by atoms with E-state index in [2.05, 4.69) is 6.58 Å². The first-order valence-electron chi connectivity index (χ1n) is 9.62. The molecule has 0 aliphatic rings. The lowest BCUT2D eigenvalue weighted by Gasteiger charge is -2.23. The second-order valence-electron chi connectivity index (χ2n) is 6.83. The lowest BCUT2D eigenvalue weighted by molar-refractivity contribution is -0.384. The highest BCUT2D eigenvalue weighted by molar-refractivity contribution is 7.92. The van der Waals surface area contributed by atoms with Crippen LogP contribution >= 0.6 is 11.6 Å². The van der Waals surface area contributed by atoms with Crippen molar-refractivity contribution in [3.05, 3.63) is 112 Å². The van der Waals surface area contributed by atoms with Gasteiger partial charge in [0.25, 0.3) is 15.7 Å². The van der Waals surface area contributed by atoms with Crippen molar-refractivity contribution in [2.45, 2.75) is 11.5 Å². The number of nitrogens with zero attached hydrogens (tertiary/aromatic N) is 2. The Morgan fingerprint density at radius 3 is 2.36 bits per heavy atom. The highest BCUT2D eigenvalue weighted by atomic mass is 35.5. The second kappa shape index (κ2) is 10.3. The van der Waals surface area contributed by atoms with Crippen molar-refractivity contribution in [3.63, 3.8) is 0 Å². The molecule has 0 N–H and O–H groups in total. The van der Waals surface area contributed by atoms with Gasteiger partial charge in [-0.2, -0.15) is 0 Å². The fourth-order valence-corrected chi connectivity index (χ4v) is 4.53. The molecule has 3 aromatic carbocycles. The number of ether oxygens (including phenoxy) is 1. The van der Waals surface area contributed by atoms with E-state index in [9.17, 15) is 23.3 Å². The fraction of sp³-hybridized carbons (Fsp3) is 0.0870. The molecule has 0 heterocycles. The molecule has 170 valence electrons. The summed E-state index contributed by atoms with van der Waals surface area (Å²) in [6.45, 7) is 3.51. The number of esters is 1. The van der Waals surface area contributed by atoms with Gasteiger partial charge in [-0.3, -0.25) is 14.4 Å². The molecule has 3 rings (SSSR count). The van der Waals surface area contributed by atoms with E-state index >= 15 is 0 Å². The van der Waals surface area contributed by atoms with Crippen molar-refractivity contribution in [2.75, 3.05) is 10.8 Å². The summed E-state index contributed by atoms with van der Waals surface area (Å²) in [6, 6.07) is 17.4. The minimum absolute atomic E-state index is 0.0127. The van der Waals surface area contributed by atoms with Crippen molar-refractivity contribution in [1.82, 2.24) is 0 Å². The molecule has 0 unspecified atom stereocenters. The second-order valence-corrected chi connectivity index (χ2v) is 9.13. The van der Waals surface area contributed by atoms with Gasteiger partial charge in [0.15, 0.2) is 0 Å². The minimum Gasteiger partial charge on any atom is -0.457 e. The Morgan fingerprint density at radius 1 is 1.09 bits per heavy atom. The van der Waals surface area contributed by atoms with Crippen LogP contribution in [0.2, 0.25) is 5.02 Å². The third-order valence-electron chi connectivity index (χ3n) is 4.58. The summed E-state index contributed by atoms with van der Waals surface area (Å²) >= 11 is 5.91. The summed E-state index contributed by atoms with van der Waals surface area (Å²) in [6.07, 6.45) is 1.45. The molecular formula is C23H19ClN2O6S. The number of nitro groups is 1. The molecule has 0 atom stereocenters. The summed E-state index contributed by atoms with van der Waals surface area (Å²) in [7, 11) is -4.02. The molecule has 0 saturated heterocycles. The number of non-ortho nitro benzene ring substituents is 1. The van der Waals surface area contributed by atoms with Crippen LogP contribution in [0.1, 0.15) is 15.9 Å². The first kappa shape index (κ1) is 24.0. The zero-order valence-corrected chi connectivity index (χ0v) is 18.8. The Labute approximate surface area is 195 Å². The SMILES string of the molecule is C=CCN(c1ccc(Cl)cc1)S(=O)(=O)c1cccc(C(=O)OCc2ccc([N+](=O)[O-])cc2)c1. The van der Waals surface area contributed by atoms with Gasteiger partial charge < -0.3 is 4.74 Å².